The van der Waals surface area contributed by atoms with Crippen molar-refractivity contribution in [3.05, 3.63) is 58.0 Å². The Morgan fingerprint density at radius 2 is 1.95 bits per heavy atom. The van der Waals surface area contributed by atoms with Crippen molar-refractivity contribution in [2.75, 3.05) is 6.54 Å². The van der Waals surface area contributed by atoms with Gasteiger partial charge < -0.3 is 10.0 Å². The van der Waals surface area contributed by atoms with Crippen molar-refractivity contribution in [2.24, 2.45) is 0 Å². The molecular formula is C16H16FNO3S. The standard InChI is InChI=1S/C16H16FNO3S/c1-11(14-3-2-8-22-14)16(21)18(10-15(19)20)9-12-4-6-13(17)7-5-12/h2-8,11H,9-10H2,1H3,(H,19,20). The first-order valence-corrected chi connectivity index (χ1v) is 7.63. The van der Waals surface area contributed by atoms with E-state index in [-0.39, 0.29) is 24.8 Å². The first-order chi connectivity index (χ1) is 10.5. The maximum atomic E-state index is 12.9. The fourth-order valence-electron chi connectivity index (χ4n) is 2.12. The SMILES string of the molecule is CC(C(=O)N(CC(=O)O)Cc1ccc(F)cc1)c1cccs1. The van der Waals surface area contributed by atoms with Crippen LogP contribution in [0.4, 0.5) is 4.39 Å². The molecule has 4 nitrogen and oxygen atoms in total. The molecule has 116 valence electrons. The molecule has 1 aromatic carbocycles. The number of thiophene rings is 1. The van der Waals surface area contributed by atoms with Crippen molar-refractivity contribution in [1.29, 1.82) is 0 Å². The van der Waals surface area contributed by atoms with Crippen LogP contribution in [0.2, 0.25) is 0 Å². The third-order valence-electron chi connectivity index (χ3n) is 3.26. The second-order valence-corrected chi connectivity index (χ2v) is 5.93. The summed E-state index contributed by atoms with van der Waals surface area (Å²) in [6, 6.07) is 9.39. The first-order valence-electron chi connectivity index (χ1n) is 6.76. The monoisotopic (exact) mass is 321 g/mol. The average molecular weight is 321 g/mol. The van der Waals surface area contributed by atoms with Gasteiger partial charge in [-0.15, -0.1) is 11.3 Å². The Morgan fingerprint density at radius 1 is 1.27 bits per heavy atom. The molecule has 1 N–H and O–H groups in total. The molecule has 0 fully saturated rings. The molecule has 0 saturated heterocycles. The highest BCUT2D eigenvalue weighted by atomic mass is 32.1. The predicted molar refractivity (Wildman–Crippen MR) is 82.2 cm³/mol. The van der Waals surface area contributed by atoms with E-state index in [1.165, 1.54) is 28.4 Å². The number of aliphatic carboxylic acids is 1. The minimum atomic E-state index is -1.08. The minimum absolute atomic E-state index is 0.140. The third kappa shape index (κ3) is 4.14. The van der Waals surface area contributed by atoms with Crippen molar-refractivity contribution >= 4 is 23.2 Å². The van der Waals surface area contributed by atoms with Crippen LogP contribution in [0, 0.1) is 5.82 Å². The van der Waals surface area contributed by atoms with Crippen molar-refractivity contribution in [2.45, 2.75) is 19.4 Å². The van der Waals surface area contributed by atoms with E-state index in [1.54, 1.807) is 19.1 Å². The lowest BCUT2D eigenvalue weighted by Gasteiger charge is -2.24. The molecule has 0 bridgehead atoms. The van der Waals surface area contributed by atoms with Gasteiger partial charge in [0.1, 0.15) is 12.4 Å². The Labute approximate surface area is 131 Å². The Balaban J connectivity index is 2.16. The number of benzene rings is 1. The fourth-order valence-corrected chi connectivity index (χ4v) is 2.89. The maximum Gasteiger partial charge on any atom is 0.323 e. The van der Waals surface area contributed by atoms with E-state index in [0.29, 0.717) is 5.56 Å². The van der Waals surface area contributed by atoms with Gasteiger partial charge in [-0.1, -0.05) is 18.2 Å². The van der Waals surface area contributed by atoms with Gasteiger partial charge in [0.25, 0.3) is 0 Å². The predicted octanol–water partition coefficient (Wildman–Crippen LogP) is 3.10. The molecule has 2 aromatic rings. The number of carboxylic acid groups (broad SMARTS) is 1. The minimum Gasteiger partial charge on any atom is -0.480 e. The van der Waals surface area contributed by atoms with E-state index in [4.69, 9.17) is 5.11 Å². The Kier molecular flexibility index (Phi) is 5.27. The zero-order valence-corrected chi connectivity index (χ0v) is 12.8. The fraction of sp³-hybridized carbons (Fsp3) is 0.250. The summed E-state index contributed by atoms with van der Waals surface area (Å²) in [4.78, 5) is 25.7. The average Bonchev–Trinajstić information content (AvgIpc) is 3.01. The smallest absolute Gasteiger partial charge is 0.323 e. The highest BCUT2D eigenvalue weighted by molar-refractivity contribution is 7.10. The van der Waals surface area contributed by atoms with Gasteiger partial charge in [-0.05, 0) is 36.1 Å². The van der Waals surface area contributed by atoms with E-state index in [0.717, 1.165) is 4.88 Å². The van der Waals surface area contributed by atoms with Crippen LogP contribution in [0.25, 0.3) is 0 Å². The number of nitrogens with zero attached hydrogens (tertiary/aromatic N) is 1. The molecule has 22 heavy (non-hydrogen) atoms. The summed E-state index contributed by atoms with van der Waals surface area (Å²) in [5.74, 6) is -2.10. The van der Waals surface area contributed by atoms with Crippen LogP contribution in [0.1, 0.15) is 23.3 Å². The molecule has 0 aliphatic heterocycles. The number of rotatable bonds is 6. The second-order valence-electron chi connectivity index (χ2n) is 4.95. The van der Waals surface area contributed by atoms with Gasteiger partial charge in [0, 0.05) is 11.4 Å². The van der Waals surface area contributed by atoms with Gasteiger partial charge in [-0.2, -0.15) is 0 Å². The lowest BCUT2D eigenvalue weighted by atomic mass is 10.1. The van der Waals surface area contributed by atoms with Crippen LogP contribution in [0.3, 0.4) is 0 Å². The third-order valence-corrected chi connectivity index (χ3v) is 4.32. The highest BCUT2D eigenvalue weighted by Crippen LogP contribution is 2.23. The first kappa shape index (κ1) is 16.2. The molecule has 1 unspecified atom stereocenters. The number of hydrogen-bond acceptors (Lipinski definition) is 3. The van der Waals surface area contributed by atoms with Gasteiger partial charge in [-0.3, -0.25) is 9.59 Å². The number of carbonyl (C=O) groups excluding carboxylic acids is 1. The zero-order chi connectivity index (χ0) is 16.1. The number of halogens is 1. The van der Waals surface area contributed by atoms with Crippen LogP contribution in [0.15, 0.2) is 41.8 Å². The molecule has 0 aliphatic carbocycles. The summed E-state index contributed by atoms with van der Waals surface area (Å²) in [7, 11) is 0. The maximum absolute atomic E-state index is 12.9. The summed E-state index contributed by atoms with van der Waals surface area (Å²) < 4.78 is 12.9. The molecule has 1 amide bonds. The summed E-state index contributed by atoms with van der Waals surface area (Å²) >= 11 is 1.46. The number of amides is 1. The van der Waals surface area contributed by atoms with Crippen LogP contribution in [-0.4, -0.2) is 28.4 Å². The Bertz CT molecular complexity index is 640. The number of carbonyl (C=O) groups is 2. The molecule has 0 saturated carbocycles. The van der Waals surface area contributed by atoms with Crippen molar-refractivity contribution in [3.63, 3.8) is 0 Å². The van der Waals surface area contributed by atoms with Gasteiger partial charge in [0.15, 0.2) is 0 Å². The molecule has 0 spiro atoms. The zero-order valence-electron chi connectivity index (χ0n) is 12.0. The van der Waals surface area contributed by atoms with E-state index >= 15 is 0 Å². The second kappa shape index (κ2) is 7.17. The van der Waals surface area contributed by atoms with Crippen LogP contribution >= 0.6 is 11.3 Å². The van der Waals surface area contributed by atoms with Gasteiger partial charge in [-0.25, -0.2) is 4.39 Å². The molecular weight excluding hydrogens is 305 g/mol. The van der Waals surface area contributed by atoms with E-state index in [1.807, 2.05) is 17.5 Å². The Hall–Kier alpha value is -2.21. The van der Waals surface area contributed by atoms with Gasteiger partial charge in [0.05, 0.1) is 5.92 Å². The van der Waals surface area contributed by atoms with E-state index in [2.05, 4.69) is 0 Å². The van der Waals surface area contributed by atoms with Crippen LogP contribution < -0.4 is 0 Å². The molecule has 1 heterocycles. The van der Waals surface area contributed by atoms with Crippen molar-refractivity contribution in [1.82, 2.24) is 4.90 Å². The van der Waals surface area contributed by atoms with Gasteiger partial charge >= 0.3 is 5.97 Å². The van der Waals surface area contributed by atoms with E-state index < -0.39 is 11.9 Å². The van der Waals surface area contributed by atoms with Crippen LogP contribution in [0.5, 0.6) is 0 Å². The number of hydrogen-bond donors (Lipinski definition) is 1. The number of carboxylic acids is 1. The molecule has 1 atom stereocenters. The summed E-state index contributed by atoms with van der Waals surface area (Å²) in [6.07, 6.45) is 0. The normalized spacial score (nSPS) is 11.9. The molecule has 1 aromatic heterocycles. The molecule has 2 rings (SSSR count). The highest BCUT2D eigenvalue weighted by Gasteiger charge is 2.24. The van der Waals surface area contributed by atoms with E-state index in [9.17, 15) is 14.0 Å². The van der Waals surface area contributed by atoms with Gasteiger partial charge in [0.2, 0.25) is 5.91 Å². The lowest BCUT2D eigenvalue weighted by Crippen LogP contribution is -2.37. The topological polar surface area (TPSA) is 57.6 Å². The van der Waals surface area contributed by atoms with Crippen molar-refractivity contribution < 1.29 is 19.1 Å². The summed E-state index contributed by atoms with van der Waals surface area (Å²) in [5, 5.41) is 10.9. The molecule has 0 aliphatic rings. The molecule has 6 heteroatoms. The quantitative estimate of drug-likeness (QED) is 0.889. The van der Waals surface area contributed by atoms with Crippen molar-refractivity contribution in [3.8, 4) is 0 Å². The Morgan fingerprint density at radius 3 is 2.50 bits per heavy atom. The summed E-state index contributed by atoms with van der Waals surface area (Å²) in [6.45, 7) is 1.51. The summed E-state index contributed by atoms with van der Waals surface area (Å²) in [5.41, 5.74) is 0.689. The molecule has 0 radical (unpaired) electrons. The van der Waals surface area contributed by atoms with Crippen LogP contribution in [-0.2, 0) is 16.1 Å². The lowest BCUT2D eigenvalue weighted by molar-refractivity contribution is -0.145. The largest absolute Gasteiger partial charge is 0.480 e.